The molecule has 0 atom stereocenters. The molecule has 0 saturated heterocycles. The van der Waals surface area contributed by atoms with Crippen LogP contribution in [0.5, 0.6) is 0 Å². The molecule has 1 saturated carbocycles. The first-order valence-electron chi connectivity index (χ1n) is 10.1. The summed E-state index contributed by atoms with van der Waals surface area (Å²) >= 11 is 2.24. The number of nitrogens with one attached hydrogen (secondary N) is 2. The van der Waals surface area contributed by atoms with Crippen molar-refractivity contribution in [3.05, 3.63) is 68.3 Å². The summed E-state index contributed by atoms with van der Waals surface area (Å²) in [4.78, 5) is 18.3. The van der Waals surface area contributed by atoms with Gasteiger partial charge in [-0.25, -0.2) is 14.6 Å². The monoisotopic (exact) mass is 534 g/mol. The molecule has 4 rings (SSSR count). The molecule has 0 radical (unpaired) electrons. The lowest BCUT2D eigenvalue weighted by Crippen LogP contribution is -2.26. The van der Waals surface area contributed by atoms with E-state index in [0.717, 1.165) is 39.1 Å². The molecule has 1 fully saturated rings. The first-order valence-corrected chi connectivity index (χ1v) is 11.2. The Morgan fingerprint density at radius 3 is 2.61 bits per heavy atom. The Hall–Kier alpha value is -2.46. The zero-order valence-electron chi connectivity index (χ0n) is 17.6. The molecule has 2 aromatic carbocycles. The van der Waals surface area contributed by atoms with Gasteiger partial charge in [-0.2, -0.15) is 5.10 Å². The number of amides is 1. The number of aromatic nitrogens is 2. The van der Waals surface area contributed by atoms with Gasteiger partial charge >= 0.3 is 0 Å². The van der Waals surface area contributed by atoms with Gasteiger partial charge in [0.25, 0.3) is 5.91 Å². The molecule has 1 aliphatic rings. The number of aryl methyl sites for hydroxylation is 3. The number of nitrogens with zero attached hydrogens (tertiary/aromatic N) is 2. The molecule has 1 heterocycles. The molecule has 0 bridgehead atoms. The van der Waals surface area contributed by atoms with E-state index in [-0.39, 0.29) is 11.3 Å². The lowest BCUT2D eigenvalue weighted by molar-refractivity contribution is 0.0271. The molecule has 6 nitrogen and oxygen atoms in total. The van der Waals surface area contributed by atoms with Crippen molar-refractivity contribution in [1.82, 2.24) is 15.3 Å². The molecule has 1 aromatic heterocycles. The Balaban J connectivity index is 1.71. The summed E-state index contributed by atoms with van der Waals surface area (Å²) in [7, 11) is 0. The number of benzene rings is 2. The van der Waals surface area contributed by atoms with Crippen molar-refractivity contribution >= 4 is 39.9 Å². The quantitative estimate of drug-likeness (QED) is 0.317. The lowest BCUT2D eigenvalue weighted by atomic mass is 10.1. The largest absolute Gasteiger partial charge is 0.355 e. The topological polar surface area (TPSA) is 68.2 Å². The maximum Gasteiger partial charge on any atom is 0.277 e. The van der Waals surface area contributed by atoms with Gasteiger partial charge < -0.3 is 5.32 Å². The van der Waals surface area contributed by atoms with Crippen molar-refractivity contribution in [1.29, 1.82) is 0 Å². The fourth-order valence-electron chi connectivity index (χ4n) is 3.37. The Kier molecular flexibility index (Phi) is 6.29. The normalized spacial score (nSPS) is 13.3. The Bertz CT molecular complexity index is 1140. The number of hydrogen-bond acceptors (Lipinski definition) is 4. The maximum absolute atomic E-state index is 15.1. The summed E-state index contributed by atoms with van der Waals surface area (Å²) in [5, 5.41) is 7.58. The van der Waals surface area contributed by atoms with Crippen molar-refractivity contribution in [3.63, 3.8) is 0 Å². The Labute approximate surface area is 194 Å². The van der Waals surface area contributed by atoms with E-state index in [2.05, 4.69) is 38.5 Å². The van der Waals surface area contributed by atoms with Gasteiger partial charge in [0.15, 0.2) is 5.82 Å². The molecule has 31 heavy (non-hydrogen) atoms. The SMILES string of the molecule is Cc1cc(C)n(-c2cc(C(=O)NOCC3CC3)c(Nc3ccc(I)cc3C)cc2F)n1. The van der Waals surface area contributed by atoms with Gasteiger partial charge in [-0.15, -0.1) is 0 Å². The number of hydroxylamine groups is 1. The summed E-state index contributed by atoms with van der Waals surface area (Å²) in [6.07, 6.45) is 2.24. The van der Waals surface area contributed by atoms with Crippen LogP contribution in [0.2, 0.25) is 0 Å². The van der Waals surface area contributed by atoms with E-state index in [1.54, 1.807) is 0 Å². The van der Waals surface area contributed by atoms with E-state index in [9.17, 15) is 4.79 Å². The van der Waals surface area contributed by atoms with Crippen LogP contribution in [0.25, 0.3) is 5.69 Å². The fraction of sp³-hybridized carbons (Fsp3) is 0.304. The summed E-state index contributed by atoms with van der Waals surface area (Å²) in [5.74, 6) is -0.410. The van der Waals surface area contributed by atoms with Crippen molar-refractivity contribution < 1.29 is 14.0 Å². The van der Waals surface area contributed by atoms with Gasteiger partial charge in [0.2, 0.25) is 0 Å². The Morgan fingerprint density at radius 2 is 1.97 bits per heavy atom. The molecular formula is C23H24FIN4O2. The van der Waals surface area contributed by atoms with E-state index in [0.29, 0.717) is 18.2 Å². The van der Waals surface area contributed by atoms with Crippen LogP contribution in [-0.4, -0.2) is 22.3 Å². The summed E-state index contributed by atoms with van der Waals surface area (Å²) in [5.41, 5.74) is 6.69. The van der Waals surface area contributed by atoms with Crippen LogP contribution in [0.3, 0.4) is 0 Å². The first kappa shape index (κ1) is 21.8. The number of carbonyl (C=O) groups is 1. The molecule has 2 N–H and O–H groups in total. The van der Waals surface area contributed by atoms with Gasteiger partial charge in [0, 0.05) is 21.0 Å². The molecule has 162 valence electrons. The van der Waals surface area contributed by atoms with Crippen LogP contribution >= 0.6 is 22.6 Å². The predicted molar refractivity (Wildman–Crippen MR) is 126 cm³/mol. The fourth-order valence-corrected chi connectivity index (χ4v) is 4.01. The Morgan fingerprint density at radius 1 is 1.19 bits per heavy atom. The van der Waals surface area contributed by atoms with Gasteiger partial charge in [0.1, 0.15) is 5.69 Å². The van der Waals surface area contributed by atoms with E-state index in [1.165, 1.54) is 16.8 Å². The minimum atomic E-state index is -0.479. The van der Waals surface area contributed by atoms with Crippen LogP contribution < -0.4 is 10.8 Å². The zero-order valence-corrected chi connectivity index (χ0v) is 19.8. The molecule has 0 aliphatic heterocycles. The minimum Gasteiger partial charge on any atom is -0.355 e. The predicted octanol–water partition coefficient (Wildman–Crippen LogP) is 5.36. The van der Waals surface area contributed by atoms with Crippen LogP contribution in [0, 0.1) is 36.1 Å². The van der Waals surface area contributed by atoms with Crippen LogP contribution in [0.1, 0.15) is 40.2 Å². The van der Waals surface area contributed by atoms with Crippen molar-refractivity contribution in [2.75, 3.05) is 11.9 Å². The number of hydrogen-bond donors (Lipinski definition) is 2. The third-order valence-electron chi connectivity index (χ3n) is 5.21. The molecule has 1 amide bonds. The number of anilines is 2. The van der Waals surface area contributed by atoms with E-state index < -0.39 is 11.7 Å². The highest BCUT2D eigenvalue weighted by Crippen LogP contribution is 2.30. The molecular weight excluding hydrogens is 510 g/mol. The standard InChI is InChI=1S/C23H24FIN4O2/c1-13-8-17(25)6-7-20(13)26-21-11-19(24)22(29-15(3)9-14(2)27-29)10-18(21)23(30)28-31-12-16-4-5-16/h6-11,16,26H,4-5,12H2,1-3H3,(H,28,30). The summed E-state index contributed by atoms with van der Waals surface area (Å²) < 4.78 is 17.7. The smallest absolute Gasteiger partial charge is 0.277 e. The molecule has 1 aliphatic carbocycles. The second kappa shape index (κ2) is 8.96. The average molecular weight is 534 g/mol. The molecule has 0 spiro atoms. The van der Waals surface area contributed by atoms with Crippen molar-refractivity contribution in [2.45, 2.75) is 33.6 Å². The summed E-state index contributed by atoms with van der Waals surface area (Å²) in [6, 6.07) is 10.6. The van der Waals surface area contributed by atoms with Gasteiger partial charge in [-0.1, -0.05) is 0 Å². The first-order chi connectivity index (χ1) is 14.8. The number of halogens is 2. The summed E-state index contributed by atoms with van der Waals surface area (Å²) in [6.45, 7) is 6.13. The van der Waals surface area contributed by atoms with Crippen LogP contribution in [0.4, 0.5) is 15.8 Å². The zero-order chi connectivity index (χ0) is 22.1. The van der Waals surface area contributed by atoms with E-state index in [1.807, 2.05) is 45.0 Å². The highest BCUT2D eigenvalue weighted by molar-refractivity contribution is 14.1. The molecule has 0 unspecified atom stereocenters. The lowest BCUT2D eigenvalue weighted by Gasteiger charge is -2.17. The number of carbonyl (C=O) groups excluding carboxylic acids is 1. The highest BCUT2D eigenvalue weighted by atomic mass is 127. The third-order valence-corrected chi connectivity index (χ3v) is 5.88. The van der Waals surface area contributed by atoms with Gasteiger partial charge in [-0.3, -0.25) is 9.63 Å². The van der Waals surface area contributed by atoms with E-state index >= 15 is 4.39 Å². The minimum absolute atomic E-state index is 0.211. The number of rotatable bonds is 7. The van der Waals surface area contributed by atoms with Crippen LogP contribution in [0.15, 0.2) is 36.4 Å². The van der Waals surface area contributed by atoms with Crippen molar-refractivity contribution in [2.24, 2.45) is 5.92 Å². The second-order valence-corrected chi connectivity index (χ2v) is 9.20. The third kappa shape index (κ3) is 5.07. The highest BCUT2D eigenvalue weighted by Gasteiger charge is 2.23. The second-order valence-electron chi connectivity index (χ2n) is 7.96. The maximum atomic E-state index is 15.1. The average Bonchev–Trinajstić information content (AvgIpc) is 3.47. The van der Waals surface area contributed by atoms with Crippen molar-refractivity contribution in [3.8, 4) is 5.69 Å². The van der Waals surface area contributed by atoms with Gasteiger partial charge in [-0.05, 0) is 98.0 Å². The molecule has 3 aromatic rings. The van der Waals surface area contributed by atoms with Crippen LogP contribution in [-0.2, 0) is 4.84 Å². The molecule has 8 heteroatoms. The van der Waals surface area contributed by atoms with E-state index in [4.69, 9.17) is 4.84 Å². The van der Waals surface area contributed by atoms with Gasteiger partial charge in [0.05, 0.1) is 23.6 Å².